The first-order valence-electron chi connectivity index (χ1n) is 9.76. The molecule has 0 radical (unpaired) electrons. The summed E-state index contributed by atoms with van der Waals surface area (Å²) in [6.45, 7) is 5.67. The first-order chi connectivity index (χ1) is 13.5. The molecule has 2 atom stereocenters. The molecule has 1 aliphatic rings. The van der Waals surface area contributed by atoms with Gasteiger partial charge in [-0.25, -0.2) is 0 Å². The molecule has 0 aliphatic carbocycles. The van der Waals surface area contributed by atoms with Crippen LogP contribution in [-0.2, 0) is 4.79 Å². The van der Waals surface area contributed by atoms with E-state index in [1.54, 1.807) is 0 Å². The average Bonchev–Trinajstić information content (AvgIpc) is 3.31. The van der Waals surface area contributed by atoms with Gasteiger partial charge in [0.05, 0.1) is 5.56 Å². The van der Waals surface area contributed by atoms with Gasteiger partial charge < -0.3 is 10.3 Å². The predicted molar refractivity (Wildman–Crippen MR) is 110 cm³/mol. The number of aryl methyl sites for hydroxylation is 1. The highest BCUT2D eigenvalue weighted by molar-refractivity contribution is 6.45. The summed E-state index contributed by atoms with van der Waals surface area (Å²) in [5.74, 6) is -0.989. The van der Waals surface area contributed by atoms with Crippen LogP contribution in [0.5, 0.6) is 0 Å². The Labute approximate surface area is 164 Å². The van der Waals surface area contributed by atoms with Crippen molar-refractivity contribution in [2.45, 2.75) is 32.4 Å². The zero-order valence-electron chi connectivity index (χ0n) is 16.2. The molecule has 1 fully saturated rings. The van der Waals surface area contributed by atoms with Gasteiger partial charge in [-0.3, -0.25) is 14.5 Å². The zero-order valence-corrected chi connectivity index (χ0v) is 16.2. The number of amides is 1. The number of Topliss-reactive ketones (excluding diaryl/α,β-unsaturated/α-hetero) is 1. The third-order valence-corrected chi connectivity index (χ3v) is 5.71. The van der Waals surface area contributed by atoms with Gasteiger partial charge in [0.15, 0.2) is 0 Å². The summed E-state index contributed by atoms with van der Waals surface area (Å²) in [7, 11) is 0. The molecule has 5 nitrogen and oxygen atoms in total. The first kappa shape index (κ1) is 18.4. The quantitative estimate of drug-likeness (QED) is 0.529. The maximum Gasteiger partial charge on any atom is 0.292 e. The van der Waals surface area contributed by atoms with E-state index in [0.29, 0.717) is 5.56 Å². The van der Waals surface area contributed by atoms with Gasteiger partial charge in [0.25, 0.3) is 11.7 Å². The lowest BCUT2D eigenvalue weighted by molar-refractivity contribution is -0.117. The molecule has 0 bridgehead atoms. The molecule has 1 aromatic heterocycles. The fourth-order valence-corrected chi connectivity index (χ4v) is 4.13. The zero-order chi connectivity index (χ0) is 19.7. The fraction of sp³-hybridized carbons (Fsp3) is 0.304. The van der Waals surface area contributed by atoms with Crippen molar-refractivity contribution in [1.29, 1.82) is 0 Å². The molecule has 3 aromatic rings. The number of carbonyl (C=O) groups is 2. The number of nitrogens with zero attached hydrogens (tertiary/aromatic N) is 1. The molecule has 5 heteroatoms. The van der Waals surface area contributed by atoms with E-state index in [4.69, 9.17) is 0 Å². The number of hydrogen-bond donors (Lipinski definition) is 2. The van der Waals surface area contributed by atoms with Crippen LogP contribution in [0.1, 0.15) is 41.0 Å². The second kappa shape index (κ2) is 7.60. The highest BCUT2D eigenvalue weighted by atomic mass is 16.2. The second-order valence-corrected chi connectivity index (χ2v) is 7.54. The molecule has 2 aromatic carbocycles. The van der Waals surface area contributed by atoms with Crippen molar-refractivity contribution in [2.24, 2.45) is 0 Å². The summed E-state index contributed by atoms with van der Waals surface area (Å²) in [5.41, 5.74) is 3.34. The molecule has 1 aliphatic heterocycles. The summed E-state index contributed by atoms with van der Waals surface area (Å²) in [5, 5.41) is 3.75. The van der Waals surface area contributed by atoms with Crippen LogP contribution in [0.3, 0.4) is 0 Å². The molecular weight excluding hydrogens is 350 g/mol. The van der Waals surface area contributed by atoms with Crippen LogP contribution in [0.2, 0.25) is 0 Å². The van der Waals surface area contributed by atoms with Gasteiger partial charge in [-0.15, -0.1) is 0 Å². The van der Waals surface area contributed by atoms with E-state index in [2.05, 4.69) is 34.3 Å². The molecule has 28 heavy (non-hydrogen) atoms. The molecule has 0 saturated carbocycles. The van der Waals surface area contributed by atoms with Crippen LogP contribution in [0.25, 0.3) is 10.9 Å². The van der Waals surface area contributed by atoms with Gasteiger partial charge >= 0.3 is 0 Å². The Hall–Kier alpha value is -2.92. The van der Waals surface area contributed by atoms with Crippen molar-refractivity contribution in [3.05, 3.63) is 71.4 Å². The van der Waals surface area contributed by atoms with Crippen LogP contribution in [0.15, 0.2) is 54.6 Å². The van der Waals surface area contributed by atoms with Crippen molar-refractivity contribution in [2.75, 3.05) is 13.1 Å². The third-order valence-electron chi connectivity index (χ3n) is 5.71. The number of carbonyl (C=O) groups excluding carboxylic acids is 2. The predicted octanol–water partition coefficient (Wildman–Crippen LogP) is 3.61. The van der Waals surface area contributed by atoms with Gasteiger partial charge in [-0.2, -0.15) is 0 Å². The highest BCUT2D eigenvalue weighted by Gasteiger charge is 2.30. The summed E-state index contributed by atoms with van der Waals surface area (Å²) >= 11 is 0. The summed E-state index contributed by atoms with van der Waals surface area (Å²) in [6, 6.07) is 18.2. The minimum Gasteiger partial charge on any atom is -0.358 e. The second-order valence-electron chi connectivity index (χ2n) is 7.54. The highest BCUT2D eigenvalue weighted by Crippen LogP contribution is 2.25. The number of fused-ring (bicyclic) bond motifs is 1. The van der Waals surface area contributed by atoms with E-state index in [9.17, 15) is 9.59 Å². The van der Waals surface area contributed by atoms with Gasteiger partial charge in [-0.1, -0.05) is 48.5 Å². The van der Waals surface area contributed by atoms with Gasteiger partial charge in [0, 0.05) is 41.8 Å². The maximum atomic E-state index is 12.8. The average molecular weight is 375 g/mol. The first-order valence-corrected chi connectivity index (χ1v) is 9.76. The van der Waals surface area contributed by atoms with Crippen LogP contribution < -0.4 is 5.32 Å². The van der Waals surface area contributed by atoms with Crippen LogP contribution in [-0.4, -0.2) is 40.7 Å². The molecule has 1 saturated heterocycles. The number of hydrogen-bond acceptors (Lipinski definition) is 3. The Morgan fingerprint density at radius 1 is 1.11 bits per heavy atom. The number of aromatic nitrogens is 1. The molecule has 144 valence electrons. The van der Waals surface area contributed by atoms with Crippen molar-refractivity contribution in [3.63, 3.8) is 0 Å². The van der Waals surface area contributed by atoms with Gasteiger partial charge in [-0.05, 0) is 31.9 Å². The molecular formula is C23H25N3O2. The lowest BCUT2D eigenvalue weighted by Gasteiger charge is -2.24. The number of likely N-dealkylation sites (tertiary alicyclic amines) is 1. The van der Waals surface area contributed by atoms with Gasteiger partial charge in [0.2, 0.25) is 0 Å². The monoisotopic (exact) mass is 375 g/mol. The number of aromatic amines is 1. The largest absolute Gasteiger partial charge is 0.358 e. The normalized spacial score (nSPS) is 18.3. The number of rotatable bonds is 5. The number of H-pyrrole nitrogens is 1. The van der Waals surface area contributed by atoms with Gasteiger partial charge in [0.1, 0.15) is 0 Å². The molecule has 2 heterocycles. The Balaban J connectivity index is 1.43. The molecule has 1 amide bonds. The maximum absolute atomic E-state index is 12.8. The Morgan fingerprint density at radius 3 is 2.61 bits per heavy atom. The van der Waals surface area contributed by atoms with Crippen LogP contribution >= 0.6 is 0 Å². The van der Waals surface area contributed by atoms with E-state index in [0.717, 1.165) is 36.1 Å². The SMILES string of the molecule is Cc1[nH]c2ccccc2c1C(=O)C(=O)NC1CCN(C(C)c2ccccc2)C1. The lowest BCUT2D eigenvalue weighted by atomic mass is 10.1. The molecule has 4 rings (SSSR count). The topological polar surface area (TPSA) is 65.2 Å². The smallest absolute Gasteiger partial charge is 0.292 e. The number of nitrogens with one attached hydrogen (secondary N) is 2. The van der Waals surface area contributed by atoms with E-state index in [1.807, 2.05) is 49.4 Å². The van der Waals surface area contributed by atoms with E-state index >= 15 is 0 Å². The van der Waals surface area contributed by atoms with Crippen molar-refractivity contribution >= 4 is 22.6 Å². The molecule has 2 unspecified atom stereocenters. The standard InChI is InChI=1S/C23H25N3O2/c1-15-21(19-10-6-7-11-20(19)24-15)22(27)23(28)25-18-12-13-26(14-18)16(2)17-8-4-3-5-9-17/h3-11,16,18,24H,12-14H2,1-2H3,(H,25,28). The van der Waals surface area contributed by atoms with E-state index in [-0.39, 0.29) is 12.1 Å². The number of para-hydroxylation sites is 1. The fourth-order valence-electron chi connectivity index (χ4n) is 4.13. The third kappa shape index (κ3) is 3.45. The summed E-state index contributed by atoms with van der Waals surface area (Å²) in [6.07, 6.45) is 0.850. The molecule has 0 spiro atoms. The van der Waals surface area contributed by atoms with Crippen LogP contribution in [0.4, 0.5) is 0 Å². The van der Waals surface area contributed by atoms with Crippen molar-refractivity contribution in [3.8, 4) is 0 Å². The van der Waals surface area contributed by atoms with Crippen LogP contribution in [0, 0.1) is 6.92 Å². The van der Waals surface area contributed by atoms with E-state index < -0.39 is 11.7 Å². The van der Waals surface area contributed by atoms with E-state index in [1.165, 1.54) is 5.56 Å². The minimum atomic E-state index is -0.521. The summed E-state index contributed by atoms with van der Waals surface area (Å²) in [4.78, 5) is 31.0. The summed E-state index contributed by atoms with van der Waals surface area (Å²) < 4.78 is 0. The minimum absolute atomic E-state index is 0.00637. The molecule has 2 N–H and O–H groups in total. The van der Waals surface area contributed by atoms with Crippen molar-refractivity contribution in [1.82, 2.24) is 15.2 Å². The Kier molecular flexibility index (Phi) is 5.01. The number of ketones is 1. The Bertz CT molecular complexity index is 1010. The Morgan fingerprint density at radius 2 is 1.82 bits per heavy atom. The lowest BCUT2D eigenvalue weighted by Crippen LogP contribution is -2.41. The number of benzene rings is 2. The van der Waals surface area contributed by atoms with Crippen molar-refractivity contribution < 1.29 is 9.59 Å².